The second kappa shape index (κ2) is 8.30. The summed E-state index contributed by atoms with van der Waals surface area (Å²) in [6, 6.07) is 16.9. The number of carboxylic acid groups (broad SMARTS) is 2. The monoisotopic (exact) mass is 458 g/mol. The zero-order valence-corrected chi connectivity index (χ0v) is 18.2. The topological polar surface area (TPSA) is 119 Å². The van der Waals surface area contributed by atoms with Gasteiger partial charge in [-0.1, -0.05) is 36.4 Å². The number of carbonyl (C=O) groups excluding carboxylic acids is 2. The van der Waals surface area contributed by atoms with Gasteiger partial charge in [-0.3, -0.25) is 9.59 Å². The van der Waals surface area contributed by atoms with Gasteiger partial charge >= 0.3 is 11.9 Å². The molecule has 2 atom stereocenters. The molecule has 2 unspecified atom stereocenters. The fourth-order valence-electron chi connectivity index (χ4n) is 5.02. The Balaban J connectivity index is 0.000000142. The average molecular weight is 458 g/mol. The first kappa shape index (κ1) is 21.6. The minimum atomic E-state index is -1.07. The lowest BCUT2D eigenvalue weighted by Gasteiger charge is -2.22. The summed E-state index contributed by atoms with van der Waals surface area (Å²) in [4.78, 5) is 45.9. The summed E-state index contributed by atoms with van der Waals surface area (Å²) in [5.74, 6) is -2.58. The highest BCUT2D eigenvalue weighted by Crippen LogP contribution is 2.31. The van der Waals surface area contributed by atoms with Gasteiger partial charge in [-0.05, 0) is 47.9 Å². The van der Waals surface area contributed by atoms with Gasteiger partial charge in [-0.25, -0.2) is 9.59 Å². The van der Waals surface area contributed by atoms with Crippen LogP contribution in [0.2, 0.25) is 0 Å². The molecular formula is C26H22N2O6. The number of aromatic nitrogens is 2. The molecule has 0 saturated carbocycles. The molecule has 2 aliphatic heterocycles. The lowest BCUT2D eigenvalue weighted by Crippen LogP contribution is -2.32. The van der Waals surface area contributed by atoms with Gasteiger partial charge < -0.3 is 19.3 Å². The first-order chi connectivity index (χ1) is 16.4. The molecular weight excluding hydrogens is 436 g/mol. The highest BCUT2D eigenvalue weighted by atomic mass is 16.4. The van der Waals surface area contributed by atoms with Gasteiger partial charge in [-0.2, -0.15) is 0 Å². The van der Waals surface area contributed by atoms with Crippen LogP contribution >= 0.6 is 0 Å². The van der Waals surface area contributed by atoms with E-state index in [1.807, 2.05) is 60.7 Å². The summed E-state index contributed by atoms with van der Waals surface area (Å²) in [7, 11) is 0. The van der Waals surface area contributed by atoms with Crippen molar-refractivity contribution in [2.24, 2.45) is 0 Å². The number of benzene rings is 2. The van der Waals surface area contributed by atoms with E-state index in [1.54, 1.807) is 9.13 Å². The van der Waals surface area contributed by atoms with Crippen LogP contribution in [0.25, 0.3) is 21.8 Å². The normalized spacial score (nSPS) is 19.3. The Morgan fingerprint density at radius 1 is 0.647 bits per heavy atom. The van der Waals surface area contributed by atoms with Crippen molar-refractivity contribution in [3.05, 3.63) is 72.1 Å². The summed E-state index contributed by atoms with van der Waals surface area (Å²) in [6.45, 7) is 0. The number of para-hydroxylation sites is 2. The lowest BCUT2D eigenvalue weighted by atomic mass is 10.0. The minimum Gasteiger partial charge on any atom is -0.479 e. The molecule has 2 aromatic heterocycles. The summed E-state index contributed by atoms with van der Waals surface area (Å²) in [6.07, 6.45) is 1.87. The summed E-state index contributed by atoms with van der Waals surface area (Å²) in [5.41, 5.74) is 3.50. The van der Waals surface area contributed by atoms with Crippen LogP contribution in [0.15, 0.2) is 60.7 Å². The molecule has 0 saturated heterocycles. The number of carbonyl (C=O) groups is 4. The Morgan fingerprint density at radius 2 is 1.03 bits per heavy atom. The second-order valence-electron chi connectivity index (χ2n) is 8.54. The first-order valence-electron chi connectivity index (χ1n) is 11.1. The van der Waals surface area contributed by atoms with Crippen molar-refractivity contribution in [3.63, 3.8) is 0 Å². The molecule has 0 radical (unpaired) electrons. The molecule has 2 aromatic carbocycles. The molecule has 0 bridgehead atoms. The smallest absolute Gasteiger partial charge is 0.334 e. The molecule has 0 aliphatic carbocycles. The van der Waals surface area contributed by atoms with Gasteiger partial charge in [-0.15, -0.1) is 0 Å². The molecule has 172 valence electrons. The predicted molar refractivity (Wildman–Crippen MR) is 124 cm³/mol. The largest absolute Gasteiger partial charge is 0.479 e. The number of ketones is 2. The van der Waals surface area contributed by atoms with E-state index in [-0.39, 0.29) is 11.6 Å². The maximum absolute atomic E-state index is 11.7. The Morgan fingerprint density at radius 3 is 1.41 bits per heavy atom. The van der Waals surface area contributed by atoms with E-state index in [0.29, 0.717) is 25.7 Å². The van der Waals surface area contributed by atoms with Gasteiger partial charge in [0.05, 0.1) is 0 Å². The summed E-state index contributed by atoms with van der Waals surface area (Å²) >= 11 is 0. The molecule has 34 heavy (non-hydrogen) atoms. The molecule has 2 aliphatic rings. The van der Waals surface area contributed by atoms with Gasteiger partial charge in [0, 0.05) is 35.3 Å². The number of hydrogen-bond acceptors (Lipinski definition) is 4. The predicted octanol–water partition coefficient (Wildman–Crippen LogP) is 3.56. The zero-order valence-electron chi connectivity index (χ0n) is 18.2. The molecule has 0 amide bonds. The zero-order chi connectivity index (χ0) is 24.0. The van der Waals surface area contributed by atoms with Crippen molar-refractivity contribution in [2.45, 2.75) is 37.8 Å². The number of Topliss-reactive ketones (excluding diaryl/α,β-unsaturated/α-hetero) is 2. The number of hydrogen-bond donors (Lipinski definition) is 2. The van der Waals surface area contributed by atoms with Crippen molar-refractivity contribution in [2.75, 3.05) is 0 Å². The molecule has 6 rings (SSSR count). The van der Waals surface area contributed by atoms with Crippen LogP contribution in [0.1, 0.15) is 36.3 Å². The van der Waals surface area contributed by atoms with Gasteiger partial charge in [0.1, 0.15) is 0 Å². The number of fused-ring (bicyclic) bond motifs is 6. The number of nitrogens with zero attached hydrogens (tertiary/aromatic N) is 2. The van der Waals surface area contributed by atoms with E-state index in [4.69, 9.17) is 0 Å². The fourth-order valence-corrected chi connectivity index (χ4v) is 5.02. The minimum absolute atomic E-state index is 0.216. The molecule has 8 nitrogen and oxygen atoms in total. The Hall–Kier alpha value is -4.20. The first-order valence-corrected chi connectivity index (χ1v) is 11.1. The fraction of sp³-hybridized carbons (Fsp3) is 0.231. The third-order valence-electron chi connectivity index (χ3n) is 6.50. The van der Waals surface area contributed by atoms with Crippen molar-refractivity contribution in [1.29, 1.82) is 0 Å². The van der Waals surface area contributed by atoms with E-state index in [9.17, 15) is 29.4 Å². The van der Waals surface area contributed by atoms with Crippen LogP contribution in [0.5, 0.6) is 0 Å². The lowest BCUT2D eigenvalue weighted by molar-refractivity contribution is -0.147. The van der Waals surface area contributed by atoms with Crippen LogP contribution in [-0.4, -0.2) is 42.9 Å². The average Bonchev–Trinajstić information content (AvgIpc) is 3.37. The Kier molecular flexibility index (Phi) is 5.28. The summed E-state index contributed by atoms with van der Waals surface area (Å²) < 4.78 is 3.31. The van der Waals surface area contributed by atoms with E-state index in [0.717, 1.165) is 33.2 Å². The standard InChI is InChI=1S/2C13H11NO3/c2*15-11-6-5-9-7-8-3-1-2-4-10(8)14(9)12(11)13(16)17/h2*1-4,7,12H,5-6H2,(H,16,17). The molecule has 8 heteroatoms. The van der Waals surface area contributed by atoms with E-state index in [2.05, 4.69) is 0 Å². The Labute approximate surface area is 194 Å². The van der Waals surface area contributed by atoms with Crippen molar-refractivity contribution in [1.82, 2.24) is 9.13 Å². The SMILES string of the molecule is O=C(O)C1C(=O)CCc2cc3ccccc3n21.O=C(O)C1C(=O)CCc2cc3ccccc3n21. The van der Waals surface area contributed by atoms with Crippen molar-refractivity contribution >= 4 is 45.3 Å². The van der Waals surface area contributed by atoms with E-state index in [1.165, 1.54) is 0 Å². The van der Waals surface area contributed by atoms with E-state index >= 15 is 0 Å². The molecule has 0 fully saturated rings. The maximum atomic E-state index is 11.7. The quantitative estimate of drug-likeness (QED) is 0.444. The number of rotatable bonds is 2. The molecule has 2 N–H and O–H groups in total. The molecule has 4 heterocycles. The summed E-state index contributed by atoms with van der Waals surface area (Å²) in [5, 5.41) is 20.4. The van der Waals surface area contributed by atoms with Gasteiger partial charge in [0.2, 0.25) is 0 Å². The number of aliphatic carboxylic acids is 2. The van der Waals surface area contributed by atoms with Gasteiger partial charge in [0.25, 0.3) is 0 Å². The molecule has 4 aromatic rings. The second-order valence-corrected chi connectivity index (χ2v) is 8.54. The van der Waals surface area contributed by atoms with E-state index < -0.39 is 24.0 Å². The van der Waals surface area contributed by atoms with Crippen LogP contribution in [0.4, 0.5) is 0 Å². The van der Waals surface area contributed by atoms with Crippen LogP contribution in [0.3, 0.4) is 0 Å². The third-order valence-corrected chi connectivity index (χ3v) is 6.50. The van der Waals surface area contributed by atoms with Crippen LogP contribution < -0.4 is 0 Å². The maximum Gasteiger partial charge on any atom is 0.334 e. The highest BCUT2D eigenvalue weighted by Gasteiger charge is 2.35. The highest BCUT2D eigenvalue weighted by molar-refractivity contribution is 6.04. The van der Waals surface area contributed by atoms with Crippen LogP contribution in [0, 0.1) is 0 Å². The number of carboxylic acids is 2. The van der Waals surface area contributed by atoms with Crippen LogP contribution in [-0.2, 0) is 32.0 Å². The van der Waals surface area contributed by atoms with Crippen molar-refractivity contribution in [3.8, 4) is 0 Å². The van der Waals surface area contributed by atoms with Gasteiger partial charge in [0.15, 0.2) is 23.7 Å². The third kappa shape index (κ3) is 3.48. The van der Waals surface area contributed by atoms with Crippen molar-refractivity contribution < 1.29 is 29.4 Å². The Bertz CT molecular complexity index is 1370. The molecule has 0 spiro atoms. The number of aryl methyl sites for hydroxylation is 2.